The fourth-order valence-corrected chi connectivity index (χ4v) is 2.93. The number of hydrogen-bond acceptors (Lipinski definition) is 3. The van der Waals surface area contributed by atoms with E-state index < -0.39 is 5.91 Å². The maximum Gasteiger partial charge on any atom is 0.248 e. The highest BCUT2D eigenvalue weighted by Gasteiger charge is 2.25. The Morgan fingerprint density at radius 3 is 2.90 bits per heavy atom. The number of carbonyl (C=O) groups is 1. The molecule has 0 radical (unpaired) electrons. The van der Waals surface area contributed by atoms with Crippen LogP contribution in [0.25, 0.3) is 0 Å². The molecule has 0 aliphatic heterocycles. The summed E-state index contributed by atoms with van der Waals surface area (Å²) in [5.41, 5.74) is 8.42. The van der Waals surface area contributed by atoms with Crippen molar-refractivity contribution in [1.82, 2.24) is 0 Å². The van der Waals surface area contributed by atoms with Gasteiger partial charge < -0.3 is 16.2 Å². The third kappa shape index (κ3) is 2.54. The van der Waals surface area contributed by atoms with Crippen LogP contribution >= 0.6 is 11.6 Å². The minimum absolute atomic E-state index is 0.0627. The van der Waals surface area contributed by atoms with E-state index in [0.29, 0.717) is 22.0 Å². The highest BCUT2D eigenvalue weighted by Crippen LogP contribution is 2.39. The number of aromatic hydroxyl groups is 1. The average molecular weight is 303 g/mol. The molecule has 21 heavy (non-hydrogen) atoms. The van der Waals surface area contributed by atoms with Crippen molar-refractivity contribution in [3.8, 4) is 5.75 Å². The van der Waals surface area contributed by atoms with Crippen molar-refractivity contribution in [2.24, 2.45) is 5.73 Å². The molecular weight excluding hydrogens is 288 g/mol. The summed E-state index contributed by atoms with van der Waals surface area (Å²) in [7, 11) is 0. The number of amides is 1. The number of hydrogen-bond donors (Lipinski definition) is 3. The fourth-order valence-electron chi connectivity index (χ4n) is 2.76. The third-order valence-electron chi connectivity index (χ3n) is 3.83. The van der Waals surface area contributed by atoms with E-state index >= 15 is 0 Å². The van der Waals surface area contributed by atoms with E-state index in [4.69, 9.17) is 17.3 Å². The van der Waals surface area contributed by atoms with Crippen molar-refractivity contribution in [3.63, 3.8) is 0 Å². The first kappa shape index (κ1) is 13.8. The lowest BCUT2D eigenvalue weighted by Gasteiger charge is -2.17. The molecule has 1 unspecified atom stereocenters. The van der Waals surface area contributed by atoms with Gasteiger partial charge >= 0.3 is 0 Å². The molecule has 0 fully saturated rings. The van der Waals surface area contributed by atoms with E-state index in [1.807, 2.05) is 12.1 Å². The minimum Gasteiger partial charge on any atom is -0.508 e. The molecule has 0 bridgehead atoms. The molecule has 3 rings (SSSR count). The van der Waals surface area contributed by atoms with Gasteiger partial charge in [-0.25, -0.2) is 0 Å². The average Bonchev–Trinajstić information content (AvgIpc) is 2.86. The molecule has 108 valence electrons. The molecule has 4 nitrogen and oxygen atoms in total. The predicted octanol–water partition coefficient (Wildman–Crippen LogP) is 3.24. The number of fused-ring (bicyclic) bond motifs is 1. The molecule has 5 heteroatoms. The number of benzene rings is 2. The number of carbonyl (C=O) groups excluding carboxylic acids is 1. The summed E-state index contributed by atoms with van der Waals surface area (Å²) in [6.45, 7) is 0. The molecule has 1 amide bonds. The van der Waals surface area contributed by atoms with Gasteiger partial charge in [0, 0.05) is 5.56 Å². The normalized spacial score (nSPS) is 16.5. The predicted molar refractivity (Wildman–Crippen MR) is 82.8 cm³/mol. The zero-order valence-corrected chi connectivity index (χ0v) is 12.0. The summed E-state index contributed by atoms with van der Waals surface area (Å²) in [6.07, 6.45) is 1.68. The van der Waals surface area contributed by atoms with E-state index in [-0.39, 0.29) is 6.04 Å². The summed E-state index contributed by atoms with van der Waals surface area (Å²) in [6, 6.07) is 10.5. The van der Waals surface area contributed by atoms with Gasteiger partial charge in [0.15, 0.2) is 0 Å². The largest absolute Gasteiger partial charge is 0.508 e. The van der Waals surface area contributed by atoms with Crippen molar-refractivity contribution in [3.05, 3.63) is 58.1 Å². The van der Waals surface area contributed by atoms with E-state index in [9.17, 15) is 9.90 Å². The van der Waals surface area contributed by atoms with Crippen LogP contribution < -0.4 is 11.1 Å². The molecule has 1 aliphatic rings. The third-order valence-corrected chi connectivity index (χ3v) is 4.16. The lowest BCUT2D eigenvalue weighted by Crippen LogP contribution is -2.12. The maximum absolute atomic E-state index is 11.3. The second-order valence-corrected chi connectivity index (χ2v) is 5.55. The van der Waals surface area contributed by atoms with E-state index in [1.54, 1.807) is 24.3 Å². The van der Waals surface area contributed by atoms with E-state index in [1.165, 1.54) is 0 Å². The summed E-state index contributed by atoms with van der Waals surface area (Å²) in [4.78, 5) is 11.3. The first-order valence-electron chi connectivity index (χ1n) is 6.73. The van der Waals surface area contributed by atoms with Gasteiger partial charge in [0.25, 0.3) is 0 Å². The van der Waals surface area contributed by atoms with Crippen LogP contribution in [-0.2, 0) is 6.42 Å². The molecule has 0 heterocycles. The number of nitrogens with one attached hydrogen (secondary N) is 1. The number of phenolic OH excluding ortho intramolecular Hbond substituents is 1. The second kappa shape index (κ2) is 5.30. The Balaban J connectivity index is 1.91. The van der Waals surface area contributed by atoms with Crippen LogP contribution in [0.5, 0.6) is 5.75 Å². The first-order chi connectivity index (χ1) is 10.1. The Kier molecular flexibility index (Phi) is 3.47. The van der Waals surface area contributed by atoms with Crippen molar-refractivity contribution < 1.29 is 9.90 Å². The number of anilines is 1. The van der Waals surface area contributed by atoms with Gasteiger partial charge in [-0.05, 0) is 48.2 Å². The zero-order valence-electron chi connectivity index (χ0n) is 11.3. The van der Waals surface area contributed by atoms with Crippen molar-refractivity contribution in [2.45, 2.75) is 18.9 Å². The first-order valence-corrected chi connectivity index (χ1v) is 7.10. The van der Waals surface area contributed by atoms with Gasteiger partial charge in [-0.15, -0.1) is 0 Å². The number of halogens is 1. The van der Waals surface area contributed by atoms with E-state index in [0.717, 1.165) is 24.0 Å². The van der Waals surface area contributed by atoms with E-state index in [2.05, 4.69) is 5.32 Å². The van der Waals surface area contributed by atoms with Gasteiger partial charge in [0.05, 0.1) is 16.8 Å². The summed E-state index contributed by atoms with van der Waals surface area (Å²) < 4.78 is 0. The van der Waals surface area contributed by atoms with Crippen LogP contribution in [0.2, 0.25) is 5.02 Å². The molecule has 1 aliphatic carbocycles. The van der Waals surface area contributed by atoms with Gasteiger partial charge in [0.2, 0.25) is 5.91 Å². The monoisotopic (exact) mass is 302 g/mol. The van der Waals surface area contributed by atoms with Crippen molar-refractivity contribution >= 4 is 23.2 Å². The summed E-state index contributed by atoms with van der Waals surface area (Å²) in [5, 5.41) is 13.7. The van der Waals surface area contributed by atoms with Crippen LogP contribution in [0, 0.1) is 0 Å². The SMILES string of the molecule is NC(=O)c1ccc(Cl)c(NC2CCc3c(O)cccc32)c1. The lowest BCUT2D eigenvalue weighted by molar-refractivity contribution is 0.100. The van der Waals surface area contributed by atoms with Crippen LogP contribution in [0.3, 0.4) is 0 Å². The van der Waals surface area contributed by atoms with Crippen molar-refractivity contribution in [2.75, 3.05) is 5.32 Å². The Morgan fingerprint density at radius 2 is 2.14 bits per heavy atom. The Hall–Kier alpha value is -2.20. The lowest BCUT2D eigenvalue weighted by atomic mass is 10.1. The summed E-state index contributed by atoms with van der Waals surface area (Å²) >= 11 is 6.17. The Bertz CT molecular complexity index is 715. The Morgan fingerprint density at radius 1 is 1.33 bits per heavy atom. The highest BCUT2D eigenvalue weighted by molar-refractivity contribution is 6.33. The number of rotatable bonds is 3. The van der Waals surface area contributed by atoms with Gasteiger partial charge in [-0.1, -0.05) is 23.7 Å². The van der Waals surface area contributed by atoms with Crippen LogP contribution in [0.1, 0.15) is 33.9 Å². The highest BCUT2D eigenvalue weighted by atomic mass is 35.5. The quantitative estimate of drug-likeness (QED) is 0.814. The van der Waals surface area contributed by atoms with Gasteiger partial charge in [-0.3, -0.25) is 4.79 Å². The zero-order chi connectivity index (χ0) is 15.0. The number of primary amides is 1. The topological polar surface area (TPSA) is 75.4 Å². The smallest absolute Gasteiger partial charge is 0.248 e. The van der Waals surface area contributed by atoms with Crippen molar-refractivity contribution in [1.29, 1.82) is 0 Å². The number of phenols is 1. The molecule has 2 aromatic rings. The molecule has 0 saturated carbocycles. The number of nitrogens with two attached hydrogens (primary N) is 1. The van der Waals surface area contributed by atoms with Crippen LogP contribution in [0.15, 0.2) is 36.4 Å². The minimum atomic E-state index is -0.487. The molecule has 2 aromatic carbocycles. The Labute approximate surface area is 127 Å². The van der Waals surface area contributed by atoms with Crippen LogP contribution in [-0.4, -0.2) is 11.0 Å². The molecule has 1 atom stereocenters. The maximum atomic E-state index is 11.3. The molecular formula is C16H15ClN2O2. The summed E-state index contributed by atoms with van der Waals surface area (Å²) in [5.74, 6) is -0.159. The van der Waals surface area contributed by atoms with Gasteiger partial charge in [-0.2, -0.15) is 0 Å². The fraction of sp³-hybridized carbons (Fsp3) is 0.188. The second-order valence-electron chi connectivity index (χ2n) is 5.14. The van der Waals surface area contributed by atoms with Crippen LogP contribution in [0.4, 0.5) is 5.69 Å². The molecule has 0 spiro atoms. The molecule has 4 N–H and O–H groups in total. The standard InChI is InChI=1S/C16H15ClN2O2/c17-12-6-4-9(16(18)21)8-14(12)19-13-7-5-11-10(13)2-1-3-15(11)20/h1-4,6,8,13,19-20H,5,7H2,(H2,18,21). The van der Waals surface area contributed by atoms with Gasteiger partial charge in [0.1, 0.15) is 5.75 Å². The molecule has 0 saturated heterocycles. The molecule has 0 aromatic heterocycles.